The second kappa shape index (κ2) is 14.0. The van der Waals surface area contributed by atoms with E-state index in [9.17, 15) is 18.4 Å². The molecule has 44 heavy (non-hydrogen) atoms. The summed E-state index contributed by atoms with van der Waals surface area (Å²) in [5.74, 6) is -0.857. The number of pyridine rings is 2. The minimum atomic E-state index is -0.429. The van der Waals surface area contributed by atoms with Crippen LogP contribution < -0.4 is 10.9 Å². The van der Waals surface area contributed by atoms with E-state index in [4.69, 9.17) is 0 Å². The van der Waals surface area contributed by atoms with Gasteiger partial charge in [-0.1, -0.05) is 78.1 Å². The molecule has 0 amide bonds. The molecule has 6 heteroatoms. The lowest BCUT2D eigenvalue weighted by molar-refractivity contribution is 0.569. The first kappa shape index (κ1) is 31.9. The third-order valence-electron chi connectivity index (χ3n) is 9.22. The molecule has 0 bridgehead atoms. The van der Waals surface area contributed by atoms with Gasteiger partial charge in [-0.25, -0.2) is 8.78 Å². The van der Waals surface area contributed by atoms with Gasteiger partial charge in [0.05, 0.1) is 22.1 Å². The van der Waals surface area contributed by atoms with Gasteiger partial charge < -0.3 is 9.13 Å². The van der Waals surface area contributed by atoms with Gasteiger partial charge in [0, 0.05) is 34.6 Å². The summed E-state index contributed by atoms with van der Waals surface area (Å²) in [5, 5.41) is 1.70. The number of fused-ring (bicyclic) bond motifs is 4. The Kier molecular flexibility index (Phi) is 10.2. The molecule has 2 aromatic heterocycles. The van der Waals surface area contributed by atoms with Gasteiger partial charge >= 0.3 is 0 Å². The first-order valence-electron chi connectivity index (χ1n) is 16.7. The van der Waals surface area contributed by atoms with E-state index < -0.39 is 11.6 Å². The minimum Gasteiger partial charge on any atom is -0.340 e. The van der Waals surface area contributed by atoms with Crippen molar-refractivity contribution in [3.8, 4) is 0 Å². The van der Waals surface area contributed by atoms with Crippen molar-refractivity contribution in [3.63, 3.8) is 0 Å². The summed E-state index contributed by atoms with van der Waals surface area (Å²) in [6.07, 6.45) is 13.4. The van der Waals surface area contributed by atoms with Crippen molar-refractivity contribution in [1.82, 2.24) is 9.13 Å². The normalized spacial score (nSPS) is 12.0. The first-order chi connectivity index (χ1) is 21.3. The number of aromatic nitrogens is 2. The van der Waals surface area contributed by atoms with E-state index >= 15 is 0 Å². The monoisotopic (exact) mass is 600 g/mol. The predicted molar refractivity (Wildman–Crippen MR) is 181 cm³/mol. The Labute approximate surface area is 258 Å². The molecule has 0 aliphatic carbocycles. The Morgan fingerprint density at radius 1 is 0.500 bits per heavy atom. The predicted octanol–water partition coefficient (Wildman–Crippen LogP) is 10.2. The summed E-state index contributed by atoms with van der Waals surface area (Å²) < 4.78 is 33.6. The quantitative estimate of drug-likeness (QED) is 0.0940. The minimum absolute atomic E-state index is 0.229. The lowest BCUT2D eigenvalue weighted by atomic mass is 10.0. The molecular formula is C38H46F2N2O2. The Balaban J connectivity index is 1.75. The molecule has 2 heterocycles. The molecule has 0 unspecified atom stereocenters. The third kappa shape index (κ3) is 6.31. The third-order valence-corrected chi connectivity index (χ3v) is 9.22. The molecule has 0 saturated heterocycles. The van der Waals surface area contributed by atoms with Gasteiger partial charge in [-0.2, -0.15) is 0 Å². The summed E-state index contributed by atoms with van der Waals surface area (Å²) >= 11 is 0. The number of rotatable bonds is 14. The average Bonchev–Trinajstić information content (AvgIpc) is 2.99. The topological polar surface area (TPSA) is 44.0 Å². The molecule has 0 atom stereocenters. The molecule has 0 saturated carbocycles. The van der Waals surface area contributed by atoms with Gasteiger partial charge in [-0.3, -0.25) is 9.59 Å². The number of unbranched alkanes of at least 4 members (excludes halogenated alkanes) is 10. The summed E-state index contributed by atoms with van der Waals surface area (Å²) in [4.78, 5) is 28.1. The lowest BCUT2D eigenvalue weighted by Crippen LogP contribution is -2.17. The molecular weight excluding hydrogens is 554 g/mol. The Morgan fingerprint density at radius 3 is 1.25 bits per heavy atom. The fourth-order valence-electron chi connectivity index (χ4n) is 7.02. The van der Waals surface area contributed by atoms with E-state index in [0.717, 1.165) is 38.5 Å². The highest BCUT2D eigenvalue weighted by Gasteiger charge is 2.19. The van der Waals surface area contributed by atoms with Crippen LogP contribution in [0.4, 0.5) is 8.78 Å². The second-order valence-corrected chi connectivity index (χ2v) is 12.6. The van der Waals surface area contributed by atoms with E-state index in [1.54, 1.807) is 0 Å². The van der Waals surface area contributed by atoms with Crippen LogP contribution in [0.2, 0.25) is 0 Å². The molecule has 0 fully saturated rings. The molecule has 0 radical (unpaired) electrons. The van der Waals surface area contributed by atoms with Gasteiger partial charge in [0.1, 0.15) is 11.6 Å². The highest BCUT2D eigenvalue weighted by atomic mass is 19.1. The summed E-state index contributed by atoms with van der Waals surface area (Å²) in [6.45, 7) is 9.38. The van der Waals surface area contributed by atoms with Crippen molar-refractivity contribution in [3.05, 3.63) is 79.6 Å². The fourth-order valence-corrected chi connectivity index (χ4v) is 7.02. The maximum absolute atomic E-state index is 14.7. The van der Waals surface area contributed by atoms with E-state index in [2.05, 4.69) is 23.0 Å². The fraction of sp³-hybridized carbons (Fsp3) is 0.474. The van der Waals surface area contributed by atoms with Crippen molar-refractivity contribution in [2.24, 2.45) is 0 Å². The summed E-state index contributed by atoms with van der Waals surface area (Å²) in [6, 6.07) is 9.32. The van der Waals surface area contributed by atoms with Gasteiger partial charge in [0.15, 0.2) is 10.9 Å². The highest BCUT2D eigenvalue weighted by Crippen LogP contribution is 2.30. The number of aryl methyl sites for hydroxylation is 4. The van der Waals surface area contributed by atoms with Crippen molar-refractivity contribution < 1.29 is 8.78 Å². The Morgan fingerprint density at radius 2 is 0.864 bits per heavy atom. The standard InChI is InChI=1S/C38H46F2N2O2/c1-5-7-9-11-13-15-17-41-33-23-30-34(24-29(33)37(43)31-21-27(39)19-25(3)35(31)41)42(18-16-14-12-10-8-6-2)36-26(4)20-28(40)22-32(36)38(30)44/h19-24H,5-18H2,1-4H3. The highest BCUT2D eigenvalue weighted by molar-refractivity contribution is 6.04. The summed E-state index contributed by atoms with van der Waals surface area (Å²) in [5.41, 5.74) is 3.71. The SMILES string of the molecule is CCCCCCCCn1c2cc3c(=O)c4cc(F)cc(C)c4n(CCCCCCCC)c3cc2c(=O)c2cc(F)cc(C)c21. The van der Waals surface area contributed by atoms with Gasteiger partial charge in [0.2, 0.25) is 0 Å². The molecule has 0 aliphatic rings. The van der Waals surface area contributed by atoms with Crippen LogP contribution in [0.3, 0.4) is 0 Å². The molecule has 4 nitrogen and oxygen atoms in total. The Hall–Kier alpha value is -3.54. The first-order valence-corrected chi connectivity index (χ1v) is 16.7. The maximum Gasteiger partial charge on any atom is 0.197 e. The van der Waals surface area contributed by atoms with Gasteiger partial charge in [-0.15, -0.1) is 0 Å². The van der Waals surface area contributed by atoms with Crippen LogP contribution >= 0.6 is 0 Å². The van der Waals surface area contributed by atoms with Gasteiger partial charge in [0.25, 0.3) is 0 Å². The van der Waals surface area contributed by atoms with E-state index in [-0.39, 0.29) is 10.9 Å². The largest absolute Gasteiger partial charge is 0.340 e. The molecule has 0 spiro atoms. The molecule has 0 N–H and O–H groups in total. The lowest BCUT2D eigenvalue weighted by Gasteiger charge is -2.20. The van der Waals surface area contributed by atoms with Crippen LogP contribution in [0.25, 0.3) is 43.6 Å². The van der Waals surface area contributed by atoms with Crippen molar-refractivity contribution in [2.45, 2.75) is 118 Å². The van der Waals surface area contributed by atoms with Crippen molar-refractivity contribution in [1.29, 1.82) is 0 Å². The second-order valence-electron chi connectivity index (χ2n) is 12.6. The molecule has 3 aromatic carbocycles. The number of nitrogens with zero attached hydrogens (tertiary/aromatic N) is 2. The average molecular weight is 601 g/mol. The zero-order valence-electron chi connectivity index (χ0n) is 26.8. The van der Waals surface area contributed by atoms with E-state index in [0.29, 0.717) is 67.8 Å². The molecule has 5 rings (SSSR count). The van der Waals surface area contributed by atoms with Crippen LogP contribution in [0, 0.1) is 25.5 Å². The van der Waals surface area contributed by atoms with Crippen LogP contribution in [-0.4, -0.2) is 9.13 Å². The number of hydrogen-bond donors (Lipinski definition) is 0. The maximum atomic E-state index is 14.7. The molecule has 234 valence electrons. The molecule has 0 aliphatic heterocycles. The number of halogens is 2. The summed E-state index contributed by atoms with van der Waals surface area (Å²) in [7, 11) is 0. The van der Waals surface area contributed by atoms with Crippen LogP contribution in [0.15, 0.2) is 46.0 Å². The Bertz CT molecular complexity index is 1800. The zero-order valence-corrected chi connectivity index (χ0v) is 26.8. The van der Waals surface area contributed by atoms with Crippen molar-refractivity contribution >= 4 is 43.6 Å². The zero-order chi connectivity index (χ0) is 31.4. The van der Waals surface area contributed by atoms with E-state index in [1.165, 1.54) is 62.8 Å². The van der Waals surface area contributed by atoms with Crippen LogP contribution in [0.5, 0.6) is 0 Å². The van der Waals surface area contributed by atoms with Crippen LogP contribution in [0.1, 0.15) is 102 Å². The number of hydrogen-bond acceptors (Lipinski definition) is 2. The number of benzene rings is 3. The molecule has 5 aromatic rings. The van der Waals surface area contributed by atoms with Crippen molar-refractivity contribution in [2.75, 3.05) is 0 Å². The van der Waals surface area contributed by atoms with E-state index in [1.807, 2.05) is 26.0 Å². The smallest absolute Gasteiger partial charge is 0.197 e. The van der Waals surface area contributed by atoms with Gasteiger partial charge in [-0.05, 0) is 74.2 Å². The van der Waals surface area contributed by atoms with Crippen LogP contribution in [-0.2, 0) is 13.1 Å².